The summed E-state index contributed by atoms with van der Waals surface area (Å²) < 4.78 is 0. The van der Waals surface area contributed by atoms with Crippen molar-refractivity contribution < 1.29 is 0 Å². The number of thioether (sulfide) groups is 1. The van der Waals surface area contributed by atoms with E-state index in [4.69, 9.17) is 5.73 Å². The van der Waals surface area contributed by atoms with Crippen LogP contribution in [0.3, 0.4) is 0 Å². The first kappa shape index (κ1) is 9.10. The van der Waals surface area contributed by atoms with E-state index < -0.39 is 0 Å². The van der Waals surface area contributed by atoms with Gasteiger partial charge < -0.3 is 5.73 Å². The topological polar surface area (TPSA) is 26.0 Å². The molecule has 0 spiro atoms. The highest BCUT2D eigenvalue weighted by Gasteiger charge is 1.92. The normalized spacial score (nSPS) is 10.3. The predicted molar refractivity (Wildman–Crippen MR) is 54.2 cm³/mol. The molecule has 0 amide bonds. The van der Waals surface area contributed by atoms with Gasteiger partial charge in [0.15, 0.2) is 0 Å². The minimum absolute atomic E-state index is 0.817. The molecular formula is C8H13NS2. The average Bonchev–Trinajstić information content (AvgIpc) is 2.50. The third kappa shape index (κ3) is 3.79. The van der Waals surface area contributed by atoms with Crippen LogP contribution in [0.15, 0.2) is 17.5 Å². The number of hydrogen-bond donors (Lipinski definition) is 1. The van der Waals surface area contributed by atoms with E-state index in [1.165, 1.54) is 10.6 Å². The summed E-state index contributed by atoms with van der Waals surface area (Å²) in [5.74, 6) is 2.34. The second kappa shape index (κ2) is 5.63. The maximum absolute atomic E-state index is 5.38. The standard InChI is InChI=1S/C8H13NS2/c9-4-2-5-10-7-8-3-1-6-11-8/h1,3,6H,2,4-5,7,9H2. The molecule has 3 heteroatoms. The maximum Gasteiger partial charge on any atom is 0.0278 e. The molecule has 62 valence electrons. The lowest BCUT2D eigenvalue weighted by molar-refractivity contribution is 0.943. The van der Waals surface area contributed by atoms with Gasteiger partial charge in [-0.2, -0.15) is 11.8 Å². The van der Waals surface area contributed by atoms with Crippen LogP contribution < -0.4 is 5.73 Å². The molecule has 0 atom stereocenters. The number of rotatable bonds is 5. The van der Waals surface area contributed by atoms with Crippen molar-refractivity contribution >= 4 is 23.1 Å². The van der Waals surface area contributed by atoms with Gasteiger partial charge in [0.25, 0.3) is 0 Å². The van der Waals surface area contributed by atoms with Gasteiger partial charge in [0.05, 0.1) is 0 Å². The quantitative estimate of drug-likeness (QED) is 0.716. The van der Waals surface area contributed by atoms with Crippen LogP contribution in [0.5, 0.6) is 0 Å². The Balaban J connectivity index is 2.04. The van der Waals surface area contributed by atoms with Crippen LogP contribution in [0, 0.1) is 0 Å². The Hall–Kier alpha value is 0.01000. The molecule has 1 rings (SSSR count). The summed E-state index contributed by atoms with van der Waals surface area (Å²) in [4.78, 5) is 1.46. The van der Waals surface area contributed by atoms with Crippen LogP contribution in [-0.2, 0) is 5.75 Å². The first-order chi connectivity index (χ1) is 5.43. The smallest absolute Gasteiger partial charge is 0.0278 e. The Bertz CT molecular complexity index is 172. The predicted octanol–water partition coefficient (Wildman–Crippen LogP) is 2.33. The molecule has 0 aliphatic rings. The zero-order valence-electron chi connectivity index (χ0n) is 6.45. The van der Waals surface area contributed by atoms with Gasteiger partial charge in [-0.05, 0) is 30.2 Å². The van der Waals surface area contributed by atoms with Gasteiger partial charge in [0.2, 0.25) is 0 Å². The molecule has 1 nitrogen and oxygen atoms in total. The molecule has 0 aromatic carbocycles. The molecule has 1 aromatic heterocycles. The van der Waals surface area contributed by atoms with Crippen LogP contribution in [0.2, 0.25) is 0 Å². The Morgan fingerprint density at radius 2 is 2.45 bits per heavy atom. The zero-order chi connectivity index (χ0) is 7.94. The monoisotopic (exact) mass is 187 g/mol. The molecule has 2 N–H and O–H groups in total. The van der Waals surface area contributed by atoms with Crippen molar-refractivity contribution in [3.63, 3.8) is 0 Å². The summed E-state index contributed by atoms with van der Waals surface area (Å²) >= 11 is 3.79. The highest BCUT2D eigenvalue weighted by Crippen LogP contribution is 2.17. The summed E-state index contributed by atoms with van der Waals surface area (Å²) in [6, 6.07) is 4.28. The largest absolute Gasteiger partial charge is 0.330 e. The molecular weight excluding hydrogens is 174 g/mol. The second-order valence-electron chi connectivity index (χ2n) is 2.27. The van der Waals surface area contributed by atoms with Gasteiger partial charge in [-0.25, -0.2) is 0 Å². The molecule has 0 saturated heterocycles. The fourth-order valence-electron chi connectivity index (χ4n) is 0.753. The van der Waals surface area contributed by atoms with Crippen LogP contribution in [0.1, 0.15) is 11.3 Å². The van der Waals surface area contributed by atoms with Crippen molar-refractivity contribution in [2.24, 2.45) is 5.73 Å². The lowest BCUT2D eigenvalue weighted by Crippen LogP contribution is -1.99. The highest BCUT2D eigenvalue weighted by molar-refractivity contribution is 7.98. The van der Waals surface area contributed by atoms with Crippen molar-refractivity contribution in [3.05, 3.63) is 22.4 Å². The summed E-state index contributed by atoms with van der Waals surface area (Å²) in [6.45, 7) is 0.817. The fraction of sp³-hybridized carbons (Fsp3) is 0.500. The van der Waals surface area contributed by atoms with Crippen molar-refractivity contribution in [1.29, 1.82) is 0 Å². The Labute approximate surface area is 76.0 Å². The third-order valence-corrected chi connectivity index (χ3v) is 3.47. The van der Waals surface area contributed by atoms with Crippen LogP contribution in [0.4, 0.5) is 0 Å². The van der Waals surface area contributed by atoms with Gasteiger partial charge in [0.1, 0.15) is 0 Å². The van der Waals surface area contributed by atoms with E-state index in [1.54, 1.807) is 0 Å². The van der Waals surface area contributed by atoms with E-state index in [2.05, 4.69) is 17.5 Å². The second-order valence-corrected chi connectivity index (χ2v) is 4.41. The fourth-order valence-corrected chi connectivity index (χ4v) is 2.58. The Kier molecular flexibility index (Phi) is 4.66. The Morgan fingerprint density at radius 1 is 1.55 bits per heavy atom. The summed E-state index contributed by atoms with van der Waals surface area (Å²) in [6.07, 6.45) is 1.13. The number of nitrogens with two attached hydrogens (primary N) is 1. The molecule has 1 heterocycles. The summed E-state index contributed by atoms with van der Waals surface area (Å²) in [7, 11) is 0. The lowest BCUT2D eigenvalue weighted by Gasteiger charge is -1.96. The van der Waals surface area contributed by atoms with E-state index in [9.17, 15) is 0 Å². The molecule has 0 unspecified atom stereocenters. The lowest BCUT2D eigenvalue weighted by atomic mass is 10.5. The number of thiophene rings is 1. The van der Waals surface area contributed by atoms with Gasteiger partial charge in [-0.1, -0.05) is 6.07 Å². The highest BCUT2D eigenvalue weighted by atomic mass is 32.2. The van der Waals surface area contributed by atoms with Crippen molar-refractivity contribution in [1.82, 2.24) is 0 Å². The molecule has 1 aromatic rings. The van der Waals surface area contributed by atoms with Crippen molar-refractivity contribution in [2.45, 2.75) is 12.2 Å². The number of hydrogen-bond acceptors (Lipinski definition) is 3. The molecule has 11 heavy (non-hydrogen) atoms. The minimum atomic E-state index is 0.817. The SMILES string of the molecule is NCCCSCc1cccs1. The van der Waals surface area contributed by atoms with Gasteiger partial charge in [-0.15, -0.1) is 11.3 Å². The van der Waals surface area contributed by atoms with Gasteiger partial charge >= 0.3 is 0 Å². The van der Waals surface area contributed by atoms with Crippen LogP contribution in [-0.4, -0.2) is 12.3 Å². The molecule has 0 bridgehead atoms. The van der Waals surface area contributed by atoms with E-state index in [-0.39, 0.29) is 0 Å². The van der Waals surface area contributed by atoms with Crippen molar-refractivity contribution in [2.75, 3.05) is 12.3 Å². The molecule has 0 aliphatic heterocycles. The molecule has 0 aliphatic carbocycles. The average molecular weight is 187 g/mol. The first-order valence-corrected chi connectivity index (χ1v) is 5.77. The summed E-state index contributed by atoms with van der Waals surface area (Å²) in [5.41, 5.74) is 5.38. The first-order valence-electron chi connectivity index (χ1n) is 3.73. The minimum Gasteiger partial charge on any atom is -0.330 e. The van der Waals surface area contributed by atoms with E-state index in [0.29, 0.717) is 0 Å². The molecule has 0 radical (unpaired) electrons. The Morgan fingerprint density at radius 3 is 3.09 bits per heavy atom. The van der Waals surface area contributed by atoms with Gasteiger partial charge in [0, 0.05) is 10.6 Å². The summed E-state index contributed by atoms with van der Waals surface area (Å²) in [5, 5.41) is 2.12. The van der Waals surface area contributed by atoms with E-state index in [1.807, 2.05) is 23.1 Å². The van der Waals surface area contributed by atoms with Gasteiger partial charge in [-0.3, -0.25) is 0 Å². The molecule has 0 saturated carbocycles. The third-order valence-electron chi connectivity index (χ3n) is 1.32. The van der Waals surface area contributed by atoms with Crippen LogP contribution >= 0.6 is 23.1 Å². The van der Waals surface area contributed by atoms with Crippen molar-refractivity contribution in [3.8, 4) is 0 Å². The maximum atomic E-state index is 5.38. The zero-order valence-corrected chi connectivity index (χ0v) is 8.09. The van der Waals surface area contributed by atoms with E-state index in [0.717, 1.165) is 18.7 Å². The van der Waals surface area contributed by atoms with Crippen LogP contribution in [0.25, 0.3) is 0 Å². The molecule has 0 fully saturated rings. The van der Waals surface area contributed by atoms with E-state index >= 15 is 0 Å².